The van der Waals surface area contributed by atoms with Gasteiger partial charge in [0.1, 0.15) is 5.82 Å². The molecule has 0 saturated carbocycles. The predicted octanol–water partition coefficient (Wildman–Crippen LogP) is 1.77. The molecule has 0 radical (unpaired) electrons. The Hall–Kier alpha value is -2.50. The van der Waals surface area contributed by atoms with E-state index in [0.717, 1.165) is 11.1 Å². The van der Waals surface area contributed by atoms with Gasteiger partial charge in [0.2, 0.25) is 5.95 Å². The van der Waals surface area contributed by atoms with E-state index in [0.29, 0.717) is 5.82 Å². The van der Waals surface area contributed by atoms with E-state index in [1.165, 1.54) is 18.5 Å². The van der Waals surface area contributed by atoms with Crippen molar-refractivity contribution in [3.8, 4) is 11.1 Å². The second-order valence-electron chi connectivity index (χ2n) is 3.29. The predicted molar refractivity (Wildman–Crippen MR) is 60.6 cm³/mol. The van der Waals surface area contributed by atoms with E-state index in [-0.39, 0.29) is 0 Å². The molecule has 0 aliphatic heterocycles. The van der Waals surface area contributed by atoms with E-state index in [2.05, 4.69) is 15.3 Å². The normalized spacial score (nSPS) is 9.94. The molecule has 0 atom stereocenters. The van der Waals surface area contributed by atoms with Crippen LogP contribution in [0.4, 0.5) is 15.0 Å². The van der Waals surface area contributed by atoms with Crippen LogP contribution >= 0.6 is 0 Å². The van der Waals surface area contributed by atoms with Crippen LogP contribution in [-0.2, 0) is 0 Å². The molecule has 0 fully saturated rings. The Balaban J connectivity index is 2.32. The molecule has 2 heterocycles. The number of amides is 2. The number of pyridine rings is 2. The van der Waals surface area contributed by atoms with Crippen molar-refractivity contribution in [1.29, 1.82) is 0 Å². The molecule has 0 aliphatic rings. The highest BCUT2D eigenvalue weighted by Gasteiger charge is 2.02. The van der Waals surface area contributed by atoms with Gasteiger partial charge in [-0.3, -0.25) is 5.32 Å². The number of halogens is 1. The summed E-state index contributed by atoms with van der Waals surface area (Å²) < 4.78 is 12.7. The van der Waals surface area contributed by atoms with Crippen LogP contribution < -0.4 is 11.1 Å². The third kappa shape index (κ3) is 2.75. The number of carbonyl (C=O) groups excluding carboxylic acids is 1. The summed E-state index contributed by atoms with van der Waals surface area (Å²) in [7, 11) is 0. The summed E-state index contributed by atoms with van der Waals surface area (Å²) in [6, 6.07) is 5.51. The summed E-state index contributed by atoms with van der Waals surface area (Å²) in [6.07, 6.45) is 2.92. The molecule has 2 aromatic rings. The van der Waals surface area contributed by atoms with Crippen LogP contribution in [0.25, 0.3) is 11.1 Å². The number of carbonyl (C=O) groups is 1. The van der Waals surface area contributed by atoms with Crippen molar-refractivity contribution in [1.82, 2.24) is 9.97 Å². The van der Waals surface area contributed by atoms with Crippen LogP contribution in [0, 0.1) is 5.95 Å². The fourth-order valence-corrected chi connectivity index (χ4v) is 1.35. The van der Waals surface area contributed by atoms with Crippen molar-refractivity contribution in [3.63, 3.8) is 0 Å². The zero-order valence-electron chi connectivity index (χ0n) is 8.72. The van der Waals surface area contributed by atoms with Crippen molar-refractivity contribution in [2.24, 2.45) is 5.73 Å². The highest BCUT2D eigenvalue weighted by molar-refractivity contribution is 5.87. The minimum absolute atomic E-state index is 0.333. The van der Waals surface area contributed by atoms with E-state index < -0.39 is 12.0 Å². The molecular formula is C11H9FN4O. The quantitative estimate of drug-likeness (QED) is 0.774. The van der Waals surface area contributed by atoms with Gasteiger partial charge in [-0.1, -0.05) is 0 Å². The van der Waals surface area contributed by atoms with Gasteiger partial charge in [0.25, 0.3) is 0 Å². The number of primary amides is 1. The molecule has 2 aromatic heterocycles. The number of anilines is 1. The van der Waals surface area contributed by atoms with Crippen molar-refractivity contribution in [2.45, 2.75) is 0 Å². The topological polar surface area (TPSA) is 80.9 Å². The van der Waals surface area contributed by atoms with Gasteiger partial charge in [-0.15, -0.1) is 0 Å². The lowest BCUT2D eigenvalue weighted by molar-refractivity contribution is 0.259. The third-order valence-electron chi connectivity index (χ3n) is 2.07. The van der Waals surface area contributed by atoms with E-state index in [1.807, 2.05) is 0 Å². The molecule has 2 amide bonds. The Labute approximate surface area is 96.5 Å². The highest BCUT2D eigenvalue weighted by Crippen LogP contribution is 2.20. The largest absolute Gasteiger partial charge is 0.351 e. The first kappa shape index (κ1) is 11.0. The number of nitrogens with two attached hydrogens (primary N) is 1. The summed E-state index contributed by atoms with van der Waals surface area (Å²) in [6.45, 7) is 0. The van der Waals surface area contributed by atoms with Gasteiger partial charge >= 0.3 is 6.03 Å². The number of hydrogen-bond donors (Lipinski definition) is 2. The van der Waals surface area contributed by atoms with Crippen molar-refractivity contribution in [2.75, 3.05) is 5.32 Å². The average Bonchev–Trinajstić information content (AvgIpc) is 2.29. The SMILES string of the molecule is NC(=O)Nc1cc(-c2ccc(F)nc2)ccn1. The highest BCUT2D eigenvalue weighted by atomic mass is 19.1. The summed E-state index contributed by atoms with van der Waals surface area (Å²) in [4.78, 5) is 18.1. The Morgan fingerprint density at radius 1 is 1.24 bits per heavy atom. The average molecular weight is 232 g/mol. The van der Waals surface area contributed by atoms with Gasteiger partial charge in [0.05, 0.1) is 0 Å². The zero-order chi connectivity index (χ0) is 12.3. The van der Waals surface area contributed by atoms with Gasteiger partial charge in [0.15, 0.2) is 0 Å². The third-order valence-corrected chi connectivity index (χ3v) is 2.07. The van der Waals surface area contributed by atoms with E-state index in [4.69, 9.17) is 5.73 Å². The number of nitrogens with one attached hydrogen (secondary N) is 1. The molecule has 0 aromatic carbocycles. The molecule has 0 spiro atoms. The van der Waals surface area contributed by atoms with E-state index in [9.17, 15) is 9.18 Å². The maximum Gasteiger partial charge on any atom is 0.317 e. The molecule has 5 nitrogen and oxygen atoms in total. The number of urea groups is 1. The minimum Gasteiger partial charge on any atom is -0.351 e. The summed E-state index contributed by atoms with van der Waals surface area (Å²) in [5, 5.41) is 2.36. The van der Waals surface area contributed by atoms with Gasteiger partial charge < -0.3 is 5.73 Å². The second-order valence-corrected chi connectivity index (χ2v) is 3.29. The van der Waals surface area contributed by atoms with E-state index >= 15 is 0 Å². The minimum atomic E-state index is -0.688. The first-order chi connectivity index (χ1) is 8.15. The maximum absolute atomic E-state index is 12.7. The van der Waals surface area contributed by atoms with Crippen LogP contribution in [-0.4, -0.2) is 16.0 Å². The van der Waals surface area contributed by atoms with Crippen LogP contribution in [0.2, 0.25) is 0 Å². The fraction of sp³-hybridized carbons (Fsp3) is 0. The standard InChI is InChI=1S/C11H9FN4O/c12-9-2-1-8(6-15-9)7-3-4-14-10(5-7)16-11(13)17/h1-6H,(H3,13,14,16,17). The summed E-state index contributed by atoms with van der Waals surface area (Å²) in [5.74, 6) is -0.211. The Morgan fingerprint density at radius 3 is 2.71 bits per heavy atom. The number of rotatable bonds is 2. The van der Waals surface area contributed by atoms with Crippen molar-refractivity contribution >= 4 is 11.8 Å². The molecule has 0 unspecified atom stereocenters. The van der Waals surface area contributed by atoms with Gasteiger partial charge in [-0.05, 0) is 29.8 Å². The molecule has 17 heavy (non-hydrogen) atoms. The number of aromatic nitrogens is 2. The van der Waals surface area contributed by atoms with Gasteiger partial charge in [-0.2, -0.15) is 4.39 Å². The molecule has 3 N–H and O–H groups in total. The summed E-state index contributed by atoms with van der Waals surface area (Å²) in [5.41, 5.74) is 6.46. The lowest BCUT2D eigenvalue weighted by Crippen LogP contribution is -2.19. The Kier molecular flexibility index (Phi) is 2.95. The molecule has 86 valence electrons. The molecule has 0 bridgehead atoms. The molecule has 2 rings (SSSR count). The summed E-state index contributed by atoms with van der Waals surface area (Å²) >= 11 is 0. The zero-order valence-corrected chi connectivity index (χ0v) is 8.72. The molecule has 6 heteroatoms. The molecule has 0 aliphatic carbocycles. The smallest absolute Gasteiger partial charge is 0.317 e. The molecular weight excluding hydrogens is 223 g/mol. The lowest BCUT2D eigenvalue weighted by Gasteiger charge is -2.04. The van der Waals surface area contributed by atoms with Crippen LogP contribution in [0.5, 0.6) is 0 Å². The first-order valence-electron chi connectivity index (χ1n) is 4.79. The van der Waals surface area contributed by atoms with Crippen LogP contribution in [0.15, 0.2) is 36.7 Å². The fourth-order valence-electron chi connectivity index (χ4n) is 1.35. The number of hydrogen-bond acceptors (Lipinski definition) is 3. The van der Waals surface area contributed by atoms with Crippen molar-refractivity contribution in [3.05, 3.63) is 42.6 Å². The first-order valence-corrected chi connectivity index (χ1v) is 4.79. The second kappa shape index (κ2) is 4.56. The van der Waals surface area contributed by atoms with E-state index in [1.54, 1.807) is 18.2 Å². The van der Waals surface area contributed by atoms with Gasteiger partial charge in [-0.25, -0.2) is 14.8 Å². The maximum atomic E-state index is 12.7. The number of nitrogens with zero attached hydrogens (tertiary/aromatic N) is 2. The van der Waals surface area contributed by atoms with Crippen molar-refractivity contribution < 1.29 is 9.18 Å². The Morgan fingerprint density at radius 2 is 2.06 bits per heavy atom. The Bertz CT molecular complexity index is 541. The van der Waals surface area contributed by atoms with Gasteiger partial charge in [0, 0.05) is 18.0 Å². The monoisotopic (exact) mass is 232 g/mol. The van der Waals surface area contributed by atoms with Crippen LogP contribution in [0.3, 0.4) is 0 Å². The molecule has 0 saturated heterocycles. The lowest BCUT2D eigenvalue weighted by atomic mass is 10.1. The van der Waals surface area contributed by atoms with Crippen LogP contribution in [0.1, 0.15) is 0 Å².